The Morgan fingerprint density at radius 1 is 0.429 bits per heavy atom. The van der Waals surface area contributed by atoms with Crippen LogP contribution in [0.4, 0.5) is 0 Å². The molecule has 0 aromatic heterocycles. The Morgan fingerprint density at radius 3 is 0.429 bits per heavy atom. The van der Waals surface area contributed by atoms with Crippen molar-refractivity contribution in [3.8, 4) is 0 Å². The molecule has 0 bridgehead atoms. The molecular formula is H5NbO5Ta. The van der Waals surface area contributed by atoms with Crippen LogP contribution < -0.4 is 0 Å². The zero-order chi connectivity index (χ0) is 0. The molecule has 0 saturated carbocycles. The summed E-state index contributed by atoms with van der Waals surface area (Å²) >= 11 is 0. The monoisotopic (exact) mass is 359 g/mol. The average Bonchev–Trinajstić information content (AvgIpc) is 0. The number of rotatable bonds is 0. The Hall–Kier alpha value is 1.28. The molecule has 0 aliphatic heterocycles. The normalized spacial score (nSPS) is 0. The van der Waals surface area contributed by atoms with Crippen molar-refractivity contribution in [2.24, 2.45) is 0 Å². The Morgan fingerprint density at radius 2 is 0.429 bits per heavy atom. The molecule has 45 valence electrons. The Kier molecular flexibility index (Phi) is 6700. The predicted octanol–water partition coefficient (Wildman–Crippen LogP) is -0.889. The van der Waals surface area contributed by atoms with E-state index in [-0.39, 0.29) is 72.1 Å². The van der Waals surface area contributed by atoms with Gasteiger partial charge in [0.2, 0.25) is 0 Å². The minimum Gasteiger partial charge on any atom is -0.870 e. The van der Waals surface area contributed by atoms with E-state index < -0.39 is 0 Å². The van der Waals surface area contributed by atoms with Crippen LogP contribution >= 0.6 is 0 Å². The summed E-state index contributed by atoms with van der Waals surface area (Å²) in [5, 5.41) is 0. The van der Waals surface area contributed by atoms with Crippen LogP contribution in [0.25, 0.3) is 0 Å². The first-order valence-electron chi connectivity index (χ1n) is 0. The van der Waals surface area contributed by atoms with Gasteiger partial charge in [-0.15, -0.1) is 0 Å². The molecule has 0 aromatic carbocycles. The van der Waals surface area contributed by atoms with Gasteiger partial charge in [0.05, 0.1) is 0 Å². The first kappa shape index (κ1) is 268. The maximum atomic E-state index is 0. The van der Waals surface area contributed by atoms with Gasteiger partial charge in [0.25, 0.3) is 0 Å². The molecule has 0 unspecified atom stereocenters. The first-order chi connectivity index (χ1) is 0. The van der Waals surface area contributed by atoms with E-state index in [2.05, 4.69) is 0 Å². The zero-order valence-electron chi connectivity index (χ0n) is 3.13. The van der Waals surface area contributed by atoms with Gasteiger partial charge in [-0.3, -0.25) is 0 Å². The van der Waals surface area contributed by atoms with E-state index in [0.29, 0.717) is 0 Å². The van der Waals surface area contributed by atoms with E-state index in [1.807, 2.05) is 0 Å². The van der Waals surface area contributed by atoms with Crippen molar-refractivity contribution < 1.29 is 72.1 Å². The maximum Gasteiger partial charge on any atom is 5.00 e. The fraction of sp³-hybridized carbons (Fsp3) is 0. The van der Waals surface area contributed by atoms with Crippen molar-refractivity contribution in [1.82, 2.24) is 0 Å². The van der Waals surface area contributed by atoms with Crippen molar-refractivity contribution in [3.63, 3.8) is 0 Å². The third-order valence-corrected chi connectivity index (χ3v) is 0. The summed E-state index contributed by atoms with van der Waals surface area (Å²) in [6.07, 6.45) is 0. The molecule has 1 radical (unpaired) electrons. The van der Waals surface area contributed by atoms with Gasteiger partial charge < -0.3 is 27.4 Å². The largest absolute Gasteiger partial charge is 5.00 e. The number of hydrogen-bond donors (Lipinski definition) is 0. The molecule has 0 amide bonds. The van der Waals surface area contributed by atoms with Gasteiger partial charge in [-0.2, -0.15) is 0 Å². The molecule has 7 heavy (non-hydrogen) atoms. The SMILES string of the molecule is [Nb+5].[OH-].[OH-].[OH-].[OH-].[OH-].[Ta]. The molecule has 0 spiro atoms. The van der Waals surface area contributed by atoms with Crippen molar-refractivity contribution in [2.75, 3.05) is 0 Å². The van der Waals surface area contributed by atoms with E-state index in [0.717, 1.165) is 0 Å². The fourth-order valence-corrected chi connectivity index (χ4v) is 0. The standard InChI is InChI=1S/Nb.5H2O.Ta/h;5*1H2;/q+5;;;;;;/p-5. The van der Waals surface area contributed by atoms with Crippen molar-refractivity contribution in [3.05, 3.63) is 0 Å². The van der Waals surface area contributed by atoms with Crippen LogP contribution in [0.2, 0.25) is 0 Å². The molecule has 0 fully saturated rings. The first-order valence-corrected chi connectivity index (χ1v) is 0. The van der Waals surface area contributed by atoms with Gasteiger partial charge in [0.1, 0.15) is 0 Å². The molecule has 0 atom stereocenters. The Bertz CT molecular complexity index is 8.04. The minimum absolute atomic E-state index is 0. The van der Waals surface area contributed by atoms with E-state index in [1.54, 1.807) is 0 Å². The average molecular weight is 359 g/mol. The summed E-state index contributed by atoms with van der Waals surface area (Å²) in [4.78, 5) is 0. The smallest absolute Gasteiger partial charge is 0.870 e. The molecule has 5 N–H and O–H groups in total. The van der Waals surface area contributed by atoms with E-state index >= 15 is 0 Å². The molecule has 0 aliphatic rings. The second kappa shape index (κ2) is 175. The minimum atomic E-state index is 0. The molecule has 0 rings (SSSR count). The van der Waals surface area contributed by atoms with E-state index in [4.69, 9.17) is 0 Å². The fourth-order valence-electron chi connectivity index (χ4n) is 0. The van der Waals surface area contributed by atoms with Crippen LogP contribution in [-0.4, -0.2) is 27.4 Å². The molecule has 0 saturated heterocycles. The van der Waals surface area contributed by atoms with Gasteiger partial charge >= 0.3 is 22.4 Å². The van der Waals surface area contributed by atoms with Crippen LogP contribution in [0, 0.1) is 0 Å². The van der Waals surface area contributed by atoms with E-state index in [9.17, 15) is 0 Å². The molecule has 0 heterocycles. The van der Waals surface area contributed by atoms with Crippen molar-refractivity contribution in [1.29, 1.82) is 0 Å². The maximum absolute atomic E-state index is 0. The second-order valence-electron chi connectivity index (χ2n) is 0. The predicted molar refractivity (Wildman–Crippen MR) is 9.68 cm³/mol. The van der Waals surface area contributed by atoms with Gasteiger partial charge in [-0.1, -0.05) is 0 Å². The third kappa shape index (κ3) is 124. The van der Waals surface area contributed by atoms with Crippen LogP contribution in [0.5, 0.6) is 0 Å². The number of hydrogen-bond acceptors (Lipinski definition) is 5. The van der Waals surface area contributed by atoms with Gasteiger partial charge in [0.15, 0.2) is 0 Å². The third-order valence-electron chi connectivity index (χ3n) is 0. The topological polar surface area (TPSA) is 150 Å². The molecule has 0 aromatic rings. The van der Waals surface area contributed by atoms with Gasteiger partial charge in [-0.05, 0) is 0 Å². The second-order valence-corrected chi connectivity index (χ2v) is 0. The van der Waals surface area contributed by atoms with Crippen LogP contribution in [0.15, 0.2) is 0 Å². The van der Waals surface area contributed by atoms with Gasteiger partial charge in [0, 0.05) is 22.4 Å². The summed E-state index contributed by atoms with van der Waals surface area (Å²) in [6, 6.07) is 0. The summed E-state index contributed by atoms with van der Waals surface area (Å²) < 4.78 is 0. The Labute approximate surface area is 72.0 Å². The molecular weight excluding hydrogens is 354 g/mol. The van der Waals surface area contributed by atoms with Crippen LogP contribution in [0.3, 0.4) is 0 Å². The molecule has 5 nitrogen and oxygen atoms in total. The van der Waals surface area contributed by atoms with Crippen molar-refractivity contribution in [2.45, 2.75) is 0 Å². The van der Waals surface area contributed by atoms with Crippen LogP contribution in [0.1, 0.15) is 0 Å². The molecule has 0 aliphatic carbocycles. The Balaban J connectivity index is 0. The summed E-state index contributed by atoms with van der Waals surface area (Å²) in [7, 11) is 0. The van der Waals surface area contributed by atoms with Gasteiger partial charge in [-0.25, -0.2) is 0 Å². The van der Waals surface area contributed by atoms with E-state index in [1.165, 1.54) is 0 Å². The summed E-state index contributed by atoms with van der Waals surface area (Å²) in [6.45, 7) is 0. The quantitative estimate of drug-likeness (QED) is 0.514. The summed E-state index contributed by atoms with van der Waals surface area (Å²) in [5.41, 5.74) is 0. The summed E-state index contributed by atoms with van der Waals surface area (Å²) in [5.74, 6) is 0. The van der Waals surface area contributed by atoms with Crippen molar-refractivity contribution >= 4 is 0 Å². The molecule has 7 heteroatoms. The zero-order valence-corrected chi connectivity index (χ0v) is 8.54. The van der Waals surface area contributed by atoms with Crippen LogP contribution in [-0.2, 0) is 44.8 Å².